The van der Waals surface area contributed by atoms with E-state index in [1.165, 1.54) is 33.0 Å². The molecular formula is C33H30BN. The molecule has 2 N–H and O–H groups in total. The van der Waals surface area contributed by atoms with Crippen LogP contribution in [0.15, 0.2) is 152 Å². The predicted molar refractivity (Wildman–Crippen MR) is 151 cm³/mol. The average Bonchev–Trinajstić information content (AvgIpc) is 2.96. The molecule has 5 aromatic carbocycles. The summed E-state index contributed by atoms with van der Waals surface area (Å²) in [5.74, 6) is 0. The monoisotopic (exact) mass is 451 g/mol. The molecule has 0 atom stereocenters. The van der Waals surface area contributed by atoms with Crippen LogP contribution in [0.5, 0.6) is 0 Å². The summed E-state index contributed by atoms with van der Waals surface area (Å²) in [6, 6.07) is 52.0. The van der Waals surface area contributed by atoms with Gasteiger partial charge >= 0.3 is 0 Å². The van der Waals surface area contributed by atoms with Crippen LogP contribution in [0.1, 0.15) is 11.1 Å². The van der Waals surface area contributed by atoms with Crippen molar-refractivity contribution in [2.45, 2.75) is 6.54 Å². The maximum Gasteiger partial charge on any atom is 0.108 e. The molecule has 0 spiro atoms. The van der Waals surface area contributed by atoms with E-state index in [2.05, 4.69) is 163 Å². The van der Waals surface area contributed by atoms with Crippen LogP contribution in [-0.4, -0.2) is 6.15 Å². The van der Waals surface area contributed by atoms with E-state index in [9.17, 15) is 0 Å². The van der Waals surface area contributed by atoms with E-state index in [1.807, 2.05) is 0 Å². The van der Waals surface area contributed by atoms with E-state index in [4.69, 9.17) is 0 Å². The first-order valence-electron chi connectivity index (χ1n) is 12.3. The second-order valence-corrected chi connectivity index (χ2v) is 9.01. The lowest BCUT2D eigenvalue weighted by molar-refractivity contribution is -0.604. The molecule has 1 aliphatic rings. The topological polar surface area (TPSA) is 16.6 Å². The molecule has 0 aromatic heterocycles. The number of quaternary nitrogens is 1. The summed E-state index contributed by atoms with van der Waals surface area (Å²) in [4.78, 5) is 0. The largest absolute Gasteiger partial charge is 0.316 e. The molecule has 2 heteroatoms. The molecule has 6 rings (SSSR count). The SMILES string of the molecule is C1=Cc2ccccc2C[NH2+]1.c1ccc([B-](c2ccccc2)(c2ccccc2)c2ccccc2)cc1. The van der Waals surface area contributed by atoms with Crippen LogP contribution in [-0.2, 0) is 6.54 Å². The Morgan fingerprint density at radius 3 is 1.20 bits per heavy atom. The van der Waals surface area contributed by atoms with Gasteiger partial charge in [-0.25, -0.2) is 0 Å². The zero-order chi connectivity index (χ0) is 23.8. The Morgan fingerprint density at radius 2 is 0.800 bits per heavy atom. The van der Waals surface area contributed by atoms with Crippen molar-refractivity contribution in [1.82, 2.24) is 0 Å². The highest BCUT2D eigenvalue weighted by atomic mass is 14.8. The molecule has 170 valence electrons. The standard InChI is InChI=1S/C24H20B.C9H9N/c1-5-13-21(14-6-1)25(22-15-7-2-8-16-22,23-17-9-3-10-18-23)24-19-11-4-12-20-24;1-2-4-9-7-10-6-5-8(9)3-1/h1-20H;1-6,10H,7H2/q-1;/p+1. The summed E-state index contributed by atoms with van der Waals surface area (Å²) in [5, 5.41) is 2.18. The van der Waals surface area contributed by atoms with Crippen molar-refractivity contribution in [2.24, 2.45) is 0 Å². The van der Waals surface area contributed by atoms with Crippen molar-refractivity contribution < 1.29 is 5.32 Å². The second kappa shape index (κ2) is 10.9. The van der Waals surface area contributed by atoms with E-state index >= 15 is 0 Å². The van der Waals surface area contributed by atoms with Crippen LogP contribution in [0.3, 0.4) is 0 Å². The average molecular weight is 451 g/mol. The lowest BCUT2D eigenvalue weighted by Gasteiger charge is -2.44. The molecule has 0 saturated heterocycles. The van der Waals surface area contributed by atoms with Crippen LogP contribution in [0.2, 0.25) is 0 Å². The van der Waals surface area contributed by atoms with Gasteiger partial charge in [-0.2, -0.15) is 21.9 Å². The highest BCUT2D eigenvalue weighted by Gasteiger charge is 2.31. The van der Waals surface area contributed by atoms with Crippen molar-refractivity contribution in [1.29, 1.82) is 0 Å². The number of hydrogen-bond donors (Lipinski definition) is 1. The van der Waals surface area contributed by atoms with Gasteiger partial charge in [-0.15, -0.1) is 0 Å². The molecule has 1 aliphatic heterocycles. The summed E-state index contributed by atoms with van der Waals surface area (Å²) >= 11 is 0. The van der Waals surface area contributed by atoms with Gasteiger partial charge in [0.05, 0.1) is 6.20 Å². The van der Waals surface area contributed by atoms with Crippen LogP contribution in [0, 0.1) is 0 Å². The summed E-state index contributed by atoms with van der Waals surface area (Å²) in [5.41, 5.74) is 8.16. The third kappa shape index (κ3) is 4.75. The summed E-state index contributed by atoms with van der Waals surface area (Å²) in [6.07, 6.45) is 3.05. The third-order valence-electron chi connectivity index (χ3n) is 7.00. The molecule has 0 radical (unpaired) electrons. The van der Waals surface area contributed by atoms with Gasteiger partial charge in [0.1, 0.15) is 12.7 Å². The highest BCUT2D eigenvalue weighted by molar-refractivity contribution is 7.19. The molecule has 0 saturated carbocycles. The van der Waals surface area contributed by atoms with Crippen molar-refractivity contribution in [3.63, 3.8) is 0 Å². The maximum absolute atomic E-state index is 2.26. The molecule has 5 aromatic rings. The van der Waals surface area contributed by atoms with E-state index in [-0.39, 0.29) is 0 Å². The van der Waals surface area contributed by atoms with Gasteiger partial charge < -0.3 is 5.32 Å². The molecule has 0 aliphatic carbocycles. The molecule has 0 amide bonds. The minimum absolute atomic E-state index is 1.09. The maximum atomic E-state index is 2.26. The lowest BCUT2D eigenvalue weighted by atomic mass is 9.13. The van der Waals surface area contributed by atoms with Gasteiger partial charge in [0.15, 0.2) is 0 Å². The Balaban J connectivity index is 0.000000211. The van der Waals surface area contributed by atoms with Crippen molar-refractivity contribution in [3.05, 3.63) is 163 Å². The highest BCUT2D eigenvalue weighted by Crippen LogP contribution is 2.10. The van der Waals surface area contributed by atoms with Gasteiger partial charge in [0, 0.05) is 5.56 Å². The normalized spacial score (nSPS) is 12.2. The number of benzene rings is 5. The fourth-order valence-electron chi connectivity index (χ4n) is 5.37. The zero-order valence-electron chi connectivity index (χ0n) is 19.9. The van der Waals surface area contributed by atoms with Crippen molar-refractivity contribution in [3.8, 4) is 0 Å². The van der Waals surface area contributed by atoms with Gasteiger partial charge in [0.2, 0.25) is 0 Å². The molecule has 0 bridgehead atoms. The van der Waals surface area contributed by atoms with E-state index in [0.717, 1.165) is 6.54 Å². The number of rotatable bonds is 4. The Hall–Kier alpha value is -4.14. The molecule has 1 nitrogen and oxygen atoms in total. The Morgan fingerprint density at radius 1 is 0.429 bits per heavy atom. The van der Waals surface area contributed by atoms with Crippen LogP contribution >= 0.6 is 0 Å². The molecule has 1 heterocycles. The summed E-state index contributed by atoms with van der Waals surface area (Å²) in [6.45, 7) is 1.09. The van der Waals surface area contributed by atoms with Crippen LogP contribution in [0.25, 0.3) is 6.08 Å². The van der Waals surface area contributed by atoms with Crippen LogP contribution < -0.4 is 27.2 Å². The first-order valence-corrected chi connectivity index (χ1v) is 12.3. The third-order valence-corrected chi connectivity index (χ3v) is 7.00. The number of fused-ring (bicyclic) bond motifs is 1. The van der Waals surface area contributed by atoms with Gasteiger partial charge in [0.25, 0.3) is 0 Å². The quantitative estimate of drug-likeness (QED) is 0.401. The fourth-order valence-corrected chi connectivity index (χ4v) is 5.37. The Labute approximate surface area is 208 Å². The van der Waals surface area contributed by atoms with E-state index in [0.29, 0.717) is 0 Å². The molecule has 0 unspecified atom stereocenters. The second-order valence-electron chi connectivity index (χ2n) is 9.01. The van der Waals surface area contributed by atoms with Crippen LogP contribution in [0.4, 0.5) is 0 Å². The van der Waals surface area contributed by atoms with Gasteiger partial charge in [-0.05, 0) is 11.6 Å². The number of nitrogens with two attached hydrogens (primary N) is 1. The minimum atomic E-state index is -1.22. The zero-order valence-corrected chi connectivity index (χ0v) is 19.9. The minimum Gasteiger partial charge on any atom is -0.316 e. The van der Waals surface area contributed by atoms with Gasteiger partial charge in [-0.3, -0.25) is 0 Å². The summed E-state index contributed by atoms with van der Waals surface area (Å²) < 4.78 is 0. The Bertz CT molecular complexity index is 1200. The molecular weight excluding hydrogens is 421 g/mol. The lowest BCUT2D eigenvalue weighted by Crippen LogP contribution is -2.76. The van der Waals surface area contributed by atoms with E-state index in [1.54, 1.807) is 0 Å². The predicted octanol–water partition coefficient (Wildman–Crippen LogP) is 3.80. The smallest absolute Gasteiger partial charge is 0.108 e. The summed E-state index contributed by atoms with van der Waals surface area (Å²) in [7, 11) is 0. The first kappa shape index (κ1) is 22.6. The van der Waals surface area contributed by atoms with Crippen molar-refractivity contribution >= 4 is 34.1 Å². The van der Waals surface area contributed by atoms with Gasteiger partial charge in [-0.1, -0.05) is 146 Å². The molecule has 0 fully saturated rings. The number of hydrogen-bond acceptors (Lipinski definition) is 0. The van der Waals surface area contributed by atoms with E-state index < -0.39 is 6.15 Å². The fraction of sp³-hybridized carbons (Fsp3) is 0.0303. The first-order chi connectivity index (χ1) is 17.4. The van der Waals surface area contributed by atoms with Crippen molar-refractivity contribution in [2.75, 3.05) is 0 Å². The Kier molecular flexibility index (Phi) is 7.03. The molecule has 35 heavy (non-hydrogen) atoms.